The molecule has 0 saturated carbocycles. The van der Waals surface area contributed by atoms with Crippen molar-refractivity contribution >= 4 is 16.6 Å². The van der Waals surface area contributed by atoms with E-state index in [1.165, 1.54) is 6.07 Å². The largest absolute Gasteiger partial charge is 0.416 e. The van der Waals surface area contributed by atoms with Crippen molar-refractivity contribution in [2.75, 3.05) is 31.1 Å². The number of hydrogen-bond donors (Lipinski definition) is 0. The zero-order chi connectivity index (χ0) is 19.0. The fourth-order valence-corrected chi connectivity index (χ4v) is 3.48. The number of rotatable bonds is 3. The first-order valence-corrected chi connectivity index (χ1v) is 8.81. The predicted molar refractivity (Wildman–Crippen MR) is 97.4 cm³/mol. The van der Waals surface area contributed by atoms with E-state index < -0.39 is 11.7 Å². The molecule has 1 fully saturated rings. The summed E-state index contributed by atoms with van der Waals surface area (Å²) in [5.74, 6) is 1.03. The summed E-state index contributed by atoms with van der Waals surface area (Å²) in [4.78, 5) is 13.1. The summed E-state index contributed by atoms with van der Waals surface area (Å²) in [7, 11) is 1.98. The molecule has 0 N–H and O–H groups in total. The highest BCUT2D eigenvalue weighted by Crippen LogP contribution is 2.33. The minimum atomic E-state index is -4.36. The van der Waals surface area contributed by atoms with Crippen LogP contribution in [0.15, 0.2) is 42.9 Å². The number of nitrogens with zero attached hydrogens (tertiary/aromatic N) is 5. The Kier molecular flexibility index (Phi) is 4.51. The van der Waals surface area contributed by atoms with Gasteiger partial charge in [-0.2, -0.15) is 13.2 Å². The van der Waals surface area contributed by atoms with E-state index >= 15 is 0 Å². The first kappa shape index (κ1) is 17.8. The Morgan fingerprint density at radius 2 is 1.78 bits per heavy atom. The molecule has 5 nitrogen and oxygen atoms in total. The summed E-state index contributed by atoms with van der Waals surface area (Å²) in [6.45, 7) is 4.16. The Balaban J connectivity index is 1.51. The molecule has 1 saturated heterocycles. The summed E-state index contributed by atoms with van der Waals surface area (Å²) < 4.78 is 40.9. The number of fused-ring (bicyclic) bond motifs is 1. The fourth-order valence-electron chi connectivity index (χ4n) is 3.48. The van der Waals surface area contributed by atoms with E-state index in [-0.39, 0.29) is 0 Å². The fraction of sp³-hybridized carbons (Fsp3) is 0.368. The van der Waals surface area contributed by atoms with Gasteiger partial charge in [0.1, 0.15) is 5.82 Å². The van der Waals surface area contributed by atoms with Gasteiger partial charge in [-0.05, 0) is 18.2 Å². The van der Waals surface area contributed by atoms with Gasteiger partial charge in [-0.15, -0.1) is 0 Å². The number of alkyl halides is 3. The van der Waals surface area contributed by atoms with Crippen LogP contribution in [0.3, 0.4) is 0 Å². The van der Waals surface area contributed by atoms with Crippen molar-refractivity contribution in [2.24, 2.45) is 7.05 Å². The smallest absolute Gasteiger partial charge is 0.368 e. The maximum absolute atomic E-state index is 12.9. The molecule has 3 heterocycles. The van der Waals surface area contributed by atoms with Crippen LogP contribution in [-0.2, 0) is 19.8 Å². The minimum absolute atomic E-state index is 0.373. The second kappa shape index (κ2) is 6.84. The van der Waals surface area contributed by atoms with Crippen LogP contribution >= 0.6 is 0 Å². The van der Waals surface area contributed by atoms with Gasteiger partial charge in [-0.25, -0.2) is 4.98 Å². The van der Waals surface area contributed by atoms with Crippen LogP contribution in [0.1, 0.15) is 11.4 Å². The maximum atomic E-state index is 12.9. The van der Waals surface area contributed by atoms with Gasteiger partial charge in [-0.1, -0.05) is 6.07 Å². The Morgan fingerprint density at radius 1 is 1.00 bits per heavy atom. The monoisotopic (exact) mass is 375 g/mol. The van der Waals surface area contributed by atoms with E-state index in [4.69, 9.17) is 0 Å². The molecule has 0 aliphatic carbocycles. The molecule has 27 heavy (non-hydrogen) atoms. The van der Waals surface area contributed by atoms with Gasteiger partial charge in [0, 0.05) is 62.9 Å². The normalized spacial score (nSPS) is 16.2. The SMILES string of the molecule is Cn1ccnc1CN1CCN(c2ccnc3cc(C(F)(F)F)ccc23)CC1. The van der Waals surface area contributed by atoms with Crippen LogP contribution < -0.4 is 4.90 Å². The van der Waals surface area contributed by atoms with Crippen LogP contribution in [0.25, 0.3) is 10.9 Å². The van der Waals surface area contributed by atoms with Crippen LogP contribution in [-0.4, -0.2) is 45.6 Å². The zero-order valence-corrected chi connectivity index (χ0v) is 14.9. The number of benzene rings is 1. The third kappa shape index (κ3) is 3.62. The van der Waals surface area contributed by atoms with Gasteiger partial charge in [0.15, 0.2) is 0 Å². The van der Waals surface area contributed by atoms with Crippen LogP contribution in [0.2, 0.25) is 0 Å². The molecule has 0 spiro atoms. The van der Waals surface area contributed by atoms with Crippen molar-refractivity contribution in [2.45, 2.75) is 12.7 Å². The second-order valence-electron chi connectivity index (χ2n) is 6.78. The van der Waals surface area contributed by atoms with Crippen LogP contribution in [0.5, 0.6) is 0 Å². The van der Waals surface area contributed by atoms with Crippen LogP contribution in [0.4, 0.5) is 18.9 Å². The topological polar surface area (TPSA) is 37.2 Å². The predicted octanol–water partition coefficient (Wildman–Crippen LogP) is 3.31. The molecule has 1 aliphatic heterocycles. The van der Waals surface area contributed by atoms with Crippen LogP contribution in [0, 0.1) is 0 Å². The van der Waals surface area contributed by atoms with Gasteiger partial charge in [0.2, 0.25) is 0 Å². The molecule has 0 radical (unpaired) electrons. The van der Waals surface area contributed by atoms with Crippen molar-refractivity contribution in [3.63, 3.8) is 0 Å². The number of aromatic nitrogens is 3. The Labute approximate surface area is 155 Å². The lowest BCUT2D eigenvalue weighted by atomic mass is 10.1. The van der Waals surface area contributed by atoms with Crippen molar-refractivity contribution in [3.8, 4) is 0 Å². The Morgan fingerprint density at radius 3 is 2.44 bits per heavy atom. The third-order valence-corrected chi connectivity index (χ3v) is 5.05. The molecule has 1 aromatic carbocycles. The highest BCUT2D eigenvalue weighted by molar-refractivity contribution is 5.92. The molecule has 1 aliphatic rings. The average Bonchev–Trinajstić information content (AvgIpc) is 3.05. The zero-order valence-electron chi connectivity index (χ0n) is 14.9. The van der Waals surface area contributed by atoms with E-state index in [0.717, 1.165) is 61.8 Å². The standard InChI is InChI=1S/C19H20F3N5/c1-25-7-6-24-18(25)13-26-8-10-27(11-9-26)17-4-5-23-16-12-14(19(20,21)22)2-3-15(16)17/h2-7,12H,8-11,13H2,1H3. The highest BCUT2D eigenvalue weighted by Gasteiger charge is 2.31. The second-order valence-corrected chi connectivity index (χ2v) is 6.78. The highest BCUT2D eigenvalue weighted by atomic mass is 19.4. The van der Waals surface area contributed by atoms with Gasteiger partial charge in [-0.3, -0.25) is 9.88 Å². The lowest BCUT2D eigenvalue weighted by Crippen LogP contribution is -2.46. The number of aryl methyl sites for hydroxylation is 1. The van der Waals surface area contributed by atoms with E-state index in [9.17, 15) is 13.2 Å². The van der Waals surface area contributed by atoms with Crippen molar-refractivity contribution in [1.29, 1.82) is 0 Å². The van der Waals surface area contributed by atoms with E-state index in [2.05, 4.69) is 19.8 Å². The summed E-state index contributed by atoms with van der Waals surface area (Å²) >= 11 is 0. The van der Waals surface area contributed by atoms with Crippen molar-refractivity contribution < 1.29 is 13.2 Å². The molecule has 2 aromatic heterocycles. The molecule has 0 atom stereocenters. The Hall–Kier alpha value is -2.61. The quantitative estimate of drug-likeness (QED) is 0.704. The molecular formula is C19H20F3N5. The molecule has 4 rings (SSSR count). The summed E-state index contributed by atoms with van der Waals surface area (Å²) in [6, 6.07) is 5.66. The van der Waals surface area contributed by atoms with Gasteiger partial charge in [0.05, 0.1) is 17.6 Å². The number of pyridine rings is 1. The van der Waals surface area contributed by atoms with Gasteiger partial charge < -0.3 is 9.47 Å². The Bertz CT molecular complexity index is 942. The summed E-state index contributed by atoms with van der Waals surface area (Å²) in [6.07, 6.45) is 0.953. The van der Waals surface area contributed by atoms with Gasteiger partial charge >= 0.3 is 6.18 Å². The molecule has 0 bridgehead atoms. The number of halogens is 3. The first-order chi connectivity index (χ1) is 12.9. The molecule has 3 aromatic rings. The van der Waals surface area contributed by atoms with E-state index in [1.807, 2.05) is 23.9 Å². The minimum Gasteiger partial charge on any atom is -0.368 e. The number of imidazole rings is 1. The summed E-state index contributed by atoms with van der Waals surface area (Å²) in [5, 5.41) is 0.753. The lowest BCUT2D eigenvalue weighted by Gasteiger charge is -2.36. The van der Waals surface area contributed by atoms with Gasteiger partial charge in [0.25, 0.3) is 0 Å². The number of piperazine rings is 1. The lowest BCUT2D eigenvalue weighted by molar-refractivity contribution is -0.137. The number of hydrogen-bond acceptors (Lipinski definition) is 4. The molecule has 8 heteroatoms. The molecule has 0 unspecified atom stereocenters. The van der Waals surface area contributed by atoms with Crippen molar-refractivity contribution in [1.82, 2.24) is 19.4 Å². The molecule has 142 valence electrons. The van der Waals surface area contributed by atoms with Crippen molar-refractivity contribution in [3.05, 3.63) is 54.2 Å². The molecular weight excluding hydrogens is 355 g/mol. The first-order valence-electron chi connectivity index (χ1n) is 8.81. The average molecular weight is 375 g/mol. The summed E-state index contributed by atoms with van der Waals surface area (Å²) in [5.41, 5.74) is 0.641. The molecule has 0 amide bonds. The van der Waals surface area contributed by atoms with E-state index in [0.29, 0.717) is 5.52 Å². The third-order valence-electron chi connectivity index (χ3n) is 5.05. The maximum Gasteiger partial charge on any atom is 0.416 e. The van der Waals surface area contributed by atoms with E-state index in [1.54, 1.807) is 12.4 Å². The number of anilines is 1.